The van der Waals surface area contributed by atoms with Gasteiger partial charge in [0, 0.05) is 5.54 Å². The standard InChI is InChI=1S/C18H30N2/c1-6-19-17(16-12-14(2)11-15(3)13-16)18(4,5)20-9-7-8-10-20/h11-13,17,19H,6-10H2,1-5H3. The summed E-state index contributed by atoms with van der Waals surface area (Å²) < 4.78 is 0. The molecule has 1 atom stereocenters. The van der Waals surface area contributed by atoms with Crippen LogP contribution in [0.25, 0.3) is 0 Å². The molecule has 1 N–H and O–H groups in total. The van der Waals surface area contributed by atoms with Gasteiger partial charge in [-0.05, 0) is 65.7 Å². The Hall–Kier alpha value is -0.860. The van der Waals surface area contributed by atoms with Gasteiger partial charge < -0.3 is 5.32 Å². The van der Waals surface area contributed by atoms with Crippen molar-refractivity contribution in [1.29, 1.82) is 0 Å². The molecule has 1 aliphatic heterocycles. The van der Waals surface area contributed by atoms with Crippen molar-refractivity contribution in [3.8, 4) is 0 Å². The van der Waals surface area contributed by atoms with E-state index in [0.717, 1.165) is 6.54 Å². The van der Waals surface area contributed by atoms with Crippen molar-refractivity contribution in [3.63, 3.8) is 0 Å². The van der Waals surface area contributed by atoms with Crippen LogP contribution in [0, 0.1) is 13.8 Å². The third-order valence-corrected chi connectivity index (χ3v) is 4.61. The Morgan fingerprint density at radius 1 is 1.10 bits per heavy atom. The number of benzene rings is 1. The molecule has 0 saturated carbocycles. The van der Waals surface area contributed by atoms with Crippen molar-refractivity contribution in [2.45, 2.75) is 59.0 Å². The molecule has 1 aromatic carbocycles. The molecule has 2 rings (SSSR count). The SMILES string of the molecule is CCNC(c1cc(C)cc(C)c1)C(C)(C)N1CCCC1. The molecule has 0 amide bonds. The predicted octanol–water partition coefficient (Wildman–Crippen LogP) is 3.83. The molecule has 0 bridgehead atoms. The predicted molar refractivity (Wildman–Crippen MR) is 87.2 cm³/mol. The highest BCUT2D eigenvalue weighted by Gasteiger charge is 2.37. The zero-order chi connectivity index (χ0) is 14.8. The highest BCUT2D eigenvalue weighted by molar-refractivity contribution is 5.32. The van der Waals surface area contributed by atoms with Gasteiger partial charge in [-0.25, -0.2) is 0 Å². The van der Waals surface area contributed by atoms with Gasteiger partial charge in [-0.3, -0.25) is 4.90 Å². The molecule has 0 spiro atoms. The molecule has 20 heavy (non-hydrogen) atoms. The van der Waals surface area contributed by atoms with Crippen LogP contribution in [0.2, 0.25) is 0 Å². The number of hydrogen-bond donors (Lipinski definition) is 1. The van der Waals surface area contributed by atoms with Gasteiger partial charge in [0.05, 0.1) is 6.04 Å². The van der Waals surface area contributed by atoms with Crippen molar-refractivity contribution in [2.24, 2.45) is 0 Å². The van der Waals surface area contributed by atoms with Crippen LogP contribution in [0.15, 0.2) is 18.2 Å². The Labute approximate surface area is 124 Å². The van der Waals surface area contributed by atoms with E-state index in [1.807, 2.05) is 0 Å². The summed E-state index contributed by atoms with van der Waals surface area (Å²) in [6, 6.07) is 7.34. The smallest absolute Gasteiger partial charge is 0.0501 e. The Kier molecular flexibility index (Phi) is 4.87. The lowest BCUT2D eigenvalue weighted by atomic mass is 9.85. The highest BCUT2D eigenvalue weighted by atomic mass is 15.2. The fourth-order valence-electron chi connectivity index (χ4n) is 3.63. The molecule has 112 valence electrons. The summed E-state index contributed by atoms with van der Waals surface area (Å²) in [5, 5.41) is 3.73. The van der Waals surface area contributed by atoms with E-state index in [2.05, 4.69) is 63.0 Å². The van der Waals surface area contributed by atoms with Crippen molar-refractivity contribution in [1.82, 2.24) is 10.2 Å². The Balaban J connectivity index is 2.33. The molecule has 0 aromatic heterocycles. The van der Waals surface area contributed by atoms with Crippen molar-refractivity contribution in [2.75, 3.05) is 19.6 Å². The van der Waals surface area contributed by atoms with Crippen LogP contribution in [0.5, 0.6) is 0 Å². The molecule has 0 radical (unpaired) electrons. The summed E-state index contributed by atoms with van der Waals surface area (Å²) in [6.45, 7) is 14.9. The third-order valence-electron chi connectivity index (χ3n) is 4.61. The fraction of sp³-hybridized carbons (Fsp3) is 0.667. The maximum Gasteiger partial charge on any atom is 0.0501 e. The Morgan fingerprint density at radius 2 is 1.65 bits per heavy atom. The van der Waals surface area contributed by atoms with Gasteiger partial charge in [0.25, 0.3) is 0 Å². The first-order chi connectivity index (χ1) is 9.45. The summed E-state index contributed by atoms with van der Waals surface area (Å²) in [7, 11) is 0. The van der Waals surface area contributed by atoms with E-state index in [9.17, 15) is 0 Å². The van der Waals surface area contributed by atoms with Gasteiger partial charge in [-0.15, -0.1) is 0 Å². The number of likely N-dealkylation sites (tertiary alicyclic amines) is 1. The molecule has 0 aliphatic carbocycles. The minimum Gasteiger partial charge on any atom is -0.309 e. The van der Waals surface area contributed by atoms with E-state index in [1.165, 1.54) is 42.6 Å². The van der Waals surface area contributed by atoms with Gasteiger partial charge in [0.15, 0.2) is 0 Å². The Morgan fingerprint density at radius 3 is 2.15 bits per heavy atom. The van der Waals surface area contributed by atoms with E-state index < -0.39 is 0 Å². The van der Waals surface area contributed by atoms with E-state index in [-0.39, 0.29) is 5.54 Å². The van der Waals surface area contributed by atoms with Crippen LogP contribution in [0.3, 0.4) is 0 Å². The average Bonchev–Trinajstić information content (AvgIpc) is 2.88. The number of nitrogens with zero attached hydrogens (tertiary/aromatic N) is 1. The second-order valence-corrected chi connectivity index (χ2v) is 6.76. The normalized spacial score (nSPS) is 18.4. The summed E-state index contributed by atoms with van der Waals surface area (Å²) >= 11 is 0. The van der Waals surface area contributed by atoms with E-state index >= 15 is 0 Å². The molecule has 2 nitrogen and oxygen atoms in total. The van der Waals surface area contributed by atoms with Gasteiger partial charge >= 0.3 is 0 Å². The maximum atomic E-state index is 3.73. The first-order valence-electron chi connectivity index (χ1n) is 8.01. The van der Waals surface area contributed by atoms with Crippen LogP contribution in [-0.2, 0) is 0 Å². The number of likely N-dealkylation sites (N-methyl/N-ethyl adjacent to an activating group) is 1. The number of rotatable bonds is 5. The van der Waals surface area contributed by atoms with Crippen LogP contribution in [-0.4, -0.2) is 30.1 Å². The second-order valence-electron chi connectivity index (χ2n) is 6.76. The molecule has 1 heterocycles. The lowest BCUT2D eigenvalue weighted by molar-refractivity contribution is 0.107. The van der Waals surface area contributed by atoms with Gasteiger partial charge in [0.1, 0.15) is 0 Å². The maximum absolute atomic E-state index is 3.73. The fourth-order valence-corrected chi connectivity index (χ4v) is 3.63. The number of aryl methyl sites for hydroxylation is 2. The summed E-state index contributed by atoms with van der Waals surface area (Å²) in [5.74, 6) is 0. The first kappa shape index (κ1) is 15.5. The molecule has 2 heteroatoms. The highest BCUT2D eigenvalue weighted by Crippen LogP contribution is 2.34. The third kappa shape index (κ3) is 3.24. The molecule has 1 aliphatic rings. The van der Waals surface area contributed by atoms with E-state index in [0.29, 0.717) is 6.04 Å². The van der Waals surface area contributed by atoms with Crippen molar-refractivity contribution in [3.05, 3.63) is 34.9 Å². The summed E-state index contributed by atoms with van der Waals surface area (Å²) in [5.41, 5.74) is 4.31. The molecule has 1 saturated heterocycles. The van der Waals surface area contributed by atoms with Gasteiger partial charge in [0.2, 0.25) is 0 Å². The van der Waals surface area contributed by atoms with E-state index in [1.54, 1.807) is 0 Å². The van der Waals surface area contributed by atoms with Crippen LogP contribution < -0.4 is 5.32 Å². The average molecular weight is 274 g/mol. The monoisotopic (exact) mass is 274 g/mol. The van der Waals surface area contributed by atoms with Crippen LogP contribution in [0.4, 0.5) is 0 Å². The minimum atomic E-state index is 0.159. The number of hydrogen-bond acceptors (Lipinski definition) is 2. The van der Waals surface area contributed by atoms with Crippen molar-refractivity contribution < 1.29 is 0 Å². The molecular weight excluding hydrogens is 244 g/mol. The van der Waals surface area contributed by atoms with Crippen molar-refractivity contribution >= 4 is 0 Å². The molecule has 1 fully saturated rings. The van der Waals surface area contributed by atoms with Gasteiger partial charge in [-0.2, -0.15) is 0 Å². The Bertz CT molecular complexity index is 424. The summed E-state index contributed by atoms with van der Waals surface area (Å²) in [6.07, 6.45) is 2.68. The first-order valence-corrected chi connectivity index (χ1v) is 8.01. The molecule has 1 unspecified atom stereocenters. The molecular formula is C18H30N2. The zero-order valence-corrected chi connectivity index (χ0v) is 13.8. The molecule has 1 aromatic rings. The largest absolute Gasteiger partial charge is 0.309 e. The number of nitrogens with one attached hydrogen (secondary N) is 1. The van der Waals surface area contributed by atoms with Crippen LogP contribution >= 0.6 is 0 Å². The van der Waals surface area contributed by atoms with E-state index in [4.69, 9.17) is 0 Å². The van der Waals surface area contributed by atoms with Gasteiger partial charge in [-0.1, -0.05) is 36.2 Å². The lowest BCUT2D eigenvalue weighted by Crippen LogP contribution is -2.51. The second kappa shape index (κ2) is 6.28. The van der Waals surface area contributed by atoms with Crippen LogP contribution in [0.1, 0.15) is 56.3 Å². The lowest BCUT2D eigenvalue weighted by Gasteiger charge is -2.43. The topological polar surface area (TPSA) is 15.3 Å². The summed E-state index contributed by atoms with van der Waals surface area (Å²) in [4.78, 5) is 2.65. The zero-order valence-electron chi connectivity index (χ0n) is 13.8. The minimum absolute atomic E-state index is 0.159. The quantitative estimate of drug-likeness (QED) is 0.878.